The first-order chi connectivity index (χ1) is 14.1. The van der Waals surface area contributed by atoms with E-state index >= 15 is 0 Å². The molecule has 1 aromatic carbocycles. The lowest BCUT2D eigenvalue weighted by molar-refractivity contribution is -0.127. The molecular formula is C23H27N3O3. The van der Waals surface area contributed by atoms with Gasteiger partial charge in [0.2, 0.25) is 11.8 Å². The topological polar surface area (TPSA) is 80.3 Å². The summed E-state index contributed by atoms with van der Waals surface area (Å²) in [6, 6.07) is 13.2. The fourth-order valence-electron chi connectivity index (χ4n) is 3.74. The molecule has 0 aliphatic heterocycles. The molecule has 4 rings (SSSR count). The molecule has 1 aromatic heterocycles. The van der Waals surface area contributed by atoms with Crippen LogP contribution in [0.15, 0.2) is 48.7 Å². The molecule has 0 spiro atoms. The number of hydrogen-bond donors (Lipinski definition) is 2. The van der Waals surface area contributed by atoms with Gasteiger partial charge in [0.1, 0.15) is 12.1 Å². The molecule has 2 saturated carbocycles. The fourth-order valence-corrected chi connectivity index (χ4v) is 3.74. The number of nitrogens with zero attached hydrogens (tertiary/aromatic N) is 1. The largest absolute Gasteiger partial charge is 0.473 e. The maximum atomic E-state index is 12.8. The molecular weight excluding hydrogens is 366 g/mol. The predicted octanol–water partition coefficient (Wildman–Crippen LogP) is 3.23. The Bertz CT molecular complexity index is 841. The second-order valence-corrected chi connectivity index (χ2v) is 8.06. The second-order valence-electron chi connectivity index (χ2n) is 8.06. The van der Waals surface area contributed by atoms with Crippen LogP contribution in [0.25, 0.3) is 0 Å². The monoisotopic (exact) mass is 393 g/mol. The first-order valence-electron chi connectivity index (χ1n) is 10.4. The van der Waals surface area contributed by atoms with Crippen molar-refractivity contribution in [2.45, 2.75) is 50.7 Å². The van der Waals surface area contributed by atoms with Crippen LogP contribution in [0, 0.1) is 5.92 Å². The van der Waals surface area contributed by atoms with Gasteiger partial charge in [-0.25, -0.2) is 4.98 Å². The Balaban J connectivity index is 1.35. The van der Waals surface area contributed by atoms with Gasteiger partial charge in [0.25, 0.3) is 5.91 Å². The molecule has 152 valence electrons. The molecule has 0 saturated heterocycles. The van der Waals surface area contributed by atoms with Gasteiger partial charge < -0.3 is 15.4 Å². The van der Waals surface area contributed by atoms with Crippen molar-refractivity contribution in [3.05, 3.63) is 59.8 Å². The summed E-state index contributed by atoms with van der Waals surface area (Å²) >= 11 is 0. The van der Waals surface area contributed by atoms with Crippen molar-refractivity contribution in [1.82, 2.24) is 15.6 Å². The summed E-state index contributed by atoms with van der Waals surface area (Å²) in [5.41, 5.74) is 0.684. The van der Waals surface area contributed by atoms with Crippen LogP contribution < -0.4 is 15.4 Å². The van der Waals surface area contributed by atoms with Crippen LogP contribution >= 0.6 is 0 Å². The number of nitrogens with one attached hydrogen (secondary N) is 2. The fraction of sp³-hybridized carbons (Fsp3) is 0.435. The van der Waals surface area contributed by atoms with E-state index in [4.69, 9.17) is 4.74 Å². The first kappa shape index (κ1) is 19.4. The normalized spacial score (nSPS) is 17.5. The third-order valence-corrected chi connectivity index (χ3v) is 5.72. The number of benzene rings is 1. The standard InChI is InChI=1S/C23H27N3O3/c27-21(26-23(12-4-5-13-23)22(28)25-14-17-8-9-17)19-10-11-20(24-15-19)29-16-18-6-2-1-3-7-18/h1-3,6-7,10-11,15,17H,4-5,8-9,12-14,16H2,(H,25,28)(H,26,27). The van der Waals surface area contributed by atoms with E-state index in [0.717, 1.165) is 18.4 Å². The minimum absolute atomic E-state index is 0.0500. The zero-order chi connectivity index (χ0) is 20.1. The SMILES string of the molecule is O=C(NC1(C(=O)NCC2CC2)CCCC1)c1ccc(OCc2ccccc2)nc1. The Morgan fingerprint density at radius 3 is 2.48 bits per heavy atom. The predicted molar refractivity (Wildman–Crippen MR) is 109 cm³/mol. The van der Waals surface area contributed by atoms with Crippen molar-refractivity contribution < 1.29 is 14.3 Å². The van der Waals surface area contributed by atoms with Crippen molar-refractivity contribution in [2.24, 2.45) is 5.92 Å². The van der Waals surface area contributed by atoms with Crippen LogP contribution in [0.5, 0.6) is 5.88 Å². The summed E-state index contributed by atoms with van der Waals surface area (Å²) in [6.07, 6.45) is 7.12. The molecule has 0 atom stereocenters. The van der Waals surface area contributed by atoms with Gasteiger partial charge in [-0.2, -0.15) is 0 Å². The molecule has 0 unspecified atom stereocenters. The summed E-state index contributed by atoms with van der Waals surface area (Å²) in [4.78, 5) is 29.8. The van der Waals surface area contributed by atoms with E-state index in [-0.39, 0.29) is 11.8 Å². The number of pyridine rings is 1. The van der Waals surface area contributed by atoms with Crippen molar-refractivity contribution in [1.29, 1.82) is 0 Å². The molecule has 2 N–H and O–H groups in total. The van der Waals surface area contributed by atoms with Crippen molar-refractivity contribution in [3.63, 3.8) is 0 Å². The molecule has 2 aromatic rings. The van der Waals surface area contributed by atoms with E-state index in [0.29, 0.717) is 43.4 Å². The quantitative estimate of drug-likeness (QED) is 0.722. The van der Waals surface area contributed by atoms with E-state index in [2.05, 4.69) is 15.6 Å². The molecule has 6 heteroatoms. The molecule has 29 heavy (non-hydrogen) atoms. The second kappa shape index (κ2) is 8.64. The van der Waals surface area contributed by atoms with Crippen LogP contribution in [-0.4, -0.2) is 28.9 Å². The van der Waals surface area contributed by atoms with Gasteiger partial charge in [-0.3, -0.25) is 9.59 Å². The molecule has 0 bridgehead atoms. The van der Waals surface area contributed by atoms with Crippen molar-refractivity contribution in [3.8, 4) is 5.88 Å². The van der Waals surface area contributed by atoms with Crippen molar-refractivity contribution >= 4 is 11.8 Å². The van der Waals surface area contributed by atoms with E-state index in [1.807, 2.05) is 30.3 Å². The van der Waals surface area contributed by atoms with E-state index in [9.17, 15) is 9.59 Å². The number of aromatic nitrogens is 1. The Morgan fingerprint density at radius 1 is 1.07 bits per heavy atom. The van der Waals surface area contributed by atoms with Gasteiger partial charge in [0.15, 0.2) is 0 Å². The number of amides is 2. The maximum Gasteiger partial charge on any atom is 0.253 e. The van der Waals surface area contributed by atoms with E-state index < -0.39 is 5.54 Å². The summed E-state index contributed by atoms with van der Waals surface area (Å²) < 4.78 is 5.67. The van der Waals surface area contributed by atoms with Crippen LogP contribution in [-0.2, 0) is 11.4 Å². The lowest BCUT2D eigenvalue weighted by Crippen LogP contribution is -2.57. The van der Waals surface area contributed by atoms with Gasteiger partial charge in [0, 0.05) is 18.8 Å². The minimum atomic E-state index is -0.797. The van der Waals surface area contributed by atoms with Crippen LogP contribution in [0.2, 0.25) is 0 Å². The van der Waals surface area contributed by atoms with Gasteiger partial charge in [-0.05, 0) is 43.2 Å². The zero-order valence-corrected chi connectivity index (χ0v) is 16.5. The molecule has 2 aliphatic carbocycles. The summed E-state index contributed by atoms with van der Waals surface area (Å²) in [5.74, 6) is 0.755. The smallest absolute Gasteiger partial charge is 0.253 e. The van der Waals surface area contributed by atoms with Crippen LogP contribution in [0.3, 0.4) is 0 Å². The average Bonchev–Trinajstić information content (AvgIpc) is 3.47. The Labute approximate surface area is 171 Å². The van der Waals surface area contributed by atoms with Gasteiger partial charge in [-0.15, -0.1) is 0 Å². The Kier molecular flexibility index (Phi) is 5.79. The molecule has 2 fully saturated rings. The molecule has 1 heterocycles. The van der Waals surface area contributed by atoms with Gasteiger partial charge >= 0.3 is 0 Å². The zero-order valence-electron chi connectivity index (χ0n) is 16.5. The number of ether oxygens (including phenoxy) is 1. The Morgan fingerprint density at radius 2 is 1.83 bits per heavy atom. The molecule has 0 radical (unpaired) electrons. The van der Waals surface area contributed by atoms with Gasteiger partial charge in [0.05, 0.1) is 5.56 Å². The van der Waals surface area contributed by atoms with E-state index in [1.54, 1.807) is 12.1 Å². The Hall–Kier alpha value is -2.89. The highest BCUT2D eigenvalue weighted by Crippen LogP contribution is 2.32. The maximum absolute atomic E-state index is 12.8. The summed E-state index contributed by atoms with van der Waals surface area (Å²) in [7, 11) is 0. The minimum Gasteiger partial charge on any atom is -0.473 e. The van der Waals surface area contributed by atoms with E-state index in [1.165, 1.54) is 19.0 Å². The summed E-state index contributed by atoms with van der Waals surface area (Å²) in [6.45, 7) is 1.13. The number of carbonyl (C=O) groups excluding carboxylic acids is 2. The molecule has 2 amide bonds. The summed E-state index contributed by atoms with van der Waals surface area (Å²) in [5, 5.41) is 6.03. The highest BCUT2D eigenvalue weighted by atomic mass is 16.5. The average molecular weight is 393 g/mol. The lowest BCUT2D eigenvalue weighted by atomic mass is 9.95. The third-order valence-electron chi connectivity index (χ3n) is 5.72. The number of carbonyl (C=O) groups is 2. The highest BCUT2D eigenvalue weighted by molar-refractivity contribution is 5.99. The lowest BCUT2D eigenvalue weighted by Gasteiger charge is -2.29. The van der Waals surface area contributed by atoms with Crippen LogP contribution in [0.4, 0.5) is 0 Å². The van der Waals surface area contributed by atoms with Crippen LogP contribution in [0.1, 0.15) is 54.4 Å². The van der Waals surface area contributed by atoms with Gasteiger partial charge in [-0.1, -0.05) is 43.2 Å². The third kappa shape index (κ3) is 4.94. The molecule has 6 nitrogen and oxygen atoms in total. The number of rotatable bonds is 8. The molecule has 2 aliphatic rings. The highest BCUT2D eigenvalue weighted by Gasteiger charge is 2.43. The number of hydrogen-bond acceptors (Lipinski definition) is 4. The van der Waals surface area contributed by atoms with Crippen molar-refractivity contribution in [2.75, 3.05) is 6.54 Å². The first-order valence-corrected chi connectivity index (χ1v) is 10.4.